The van der Waals surface area contributed by atoms with E-state index in [0.717, 1.165) is 21.9 Å². The summed E-state index contributed by atoms with van der Waals surface area (Å²) in [6, 6.07) is 21.7. The van der Waals surface area contributed by atoms with Gasteiger partial charge in [-0.15, -0.1) is 0 Å². The van der Waals surface area contributed by atoms with Crippen LogP contribution in [-0.4, -0.2) is 11.2 Å². The Bertz CT molecular complexity index is 1050. The number of rotatable bonds is 3. The molecule has 1 heterocycles. The van der Waals surface area contributed by atoms with Crippen LogP contribution in [0, 0.1) is 0 Å². The molecule has 1 atom stereocenters. The molecule has 0 N–H and O–H groups in total. The van der Waals surface area contributed by atoms with Crippen molar-refractivity contribution in [2.75, 3.05) is 0 Å². The average molecular weight is 415 g/mol. The SMILES string of the molecule is CC1(C)OP(=O)([C@H](c2ccc(Cl)cc2)c2ccc3ccccc3c2)OC1(C)C. The van der Waals surface area contributed by atoms with E-state index >= 15 is 0 Å². The molecular formula is C23H24ClO3P. The van der Waals surface area contributed by atoms with Crippen LogP contribution >= 0.6 is 19.2 Å². The Balaban J connectivity index is 1.89. The second-order valence-electron chi connectivity index (χ2n) is 8.30. The highest BCUT2D eigenvalue weighted by Crippen LogP contribution is 2.73. The fourth-order valence-electron chi connectivity index (χ4n) is 3.56. The molecule has 28 heavy (non-hydrogen) atoms. The molecule has 3 aromatic rings. The van der Waals surface area contributed by atoms with Crippen LogP contribution in [0.15, 0.2) is 66.7 Å². The molecule has 0 unspecified atom stereocenters. The fourth-order valence-corrected chi connectivity index (χ4v) is 6.71. The smallest absolute Gasteiger partial charge is 0.299 e. The van der Waals surface area contributed by atoms with Gasteiger partial charge in [0.1, 0.15) is 16.9 Å². The number of fused-ring (bicyclic) bond motifs is 1. The molecule has 0 saturated carbocycles. The van der Waals surface area contributed by atoms with E-state index in [9.17, 15) is 4.57 Å². The van der Waals surface area contributed by atoms with Gasteiger partial charge in [0.2, 0.25) is 0 Å². The number of hydrogen-bond acceptors (Lipinski definition) is 3. The molecule has 0 radical (unpaired) electrons. The molecule has 1 saturated heterocycles. The molecule has 1 aliphatic heterocycles. The maximum atomic E-state index is 14.1. The Hall–Kier alpha value is -1.64. The molecule has 3 nitrogen and oxygen atoms in total. The van der Waals surface area contributed by atoms with Gasteiger partial charge in [0.05, 0.1) is 0 Å². The van der Waals surface area contributed by atoms with E-state index < -0.39 is 24.5 Å². The van der Waals surface area contributed by atoms with Crippen LogP contribution < -0.4 is 0 Å². The van der Waals surface area contributed by atoms with Gasteiger partial charge in [-0.05, 0) is 67.8 Å². The van der Waals surface area contributed by atoms with Crippen molar-refractivity contribution in [3.8, 4) is 0 Å². The van der Waals surface area contributed by atoms with Crippen molar-refractivity contribution in [3.05, 3.63) is 82.9 Å². The van der Waals surface area contributed by atoms with Crippen LogP contribution in [0.2, 0.25) is 5.02 Å². The Morgan fingerprint density at radius 3 is 1.93 bits per heavy atom. The van der Waals surface area contributed by atoms with Crippen molar-refractivity contribution in [3.63, 3.8) is 0 Å². The zero-order chi connectivity index (χ0) is 20.2. The van der Waals surface area contributed by atoms with Crippen LogP contribution in [0.3, 0.4) is 0 Å². The molecule has 1 aliphatic rings. The highest BCUT2D eigenvalue weighted by molar-refractivity contribution is 7.54. The summed E-state index contributed by atoms with van der Waals surface area (Å²) in [5, 5.41) is 2.85. The predicted molar refractivity (Wildman–Crippen MR) is 115 cm³/mol. The Labute approximate surface area is 171 Å². The monoisotopic (exact) mass is 414 g/mol. The topological polar surface area (TPSA) is 35.5 Å². The summed E-state index contributed by atoms with van der Waals surface area (Å²) in [5.74, 6) is 0. The second kappa shape index (κ2) is 6.71. The van der Waals surface area contributed by atoms with E-state index in [2.05, 4.69) is 18.2 Å². The summed E-state index contributed by atoms with van der Waals surface area (Å²) < 4.78 is 26.4. The number of benzene rings is 3. The quantitative estimate of drug-likeness (QED) is 0.419. The van der Waals surface area contributed by atoms with Crippen LogP contribution in [0.25, 0.3) is 10.8 Å². The lowest BCUT2D eigenvalue weighted by atomic mass is 9.90. The minimum Gasteiger partial charge on any atom is -0.299 e. The van der Waals surface area contributed by atoms with Crippen molar-refractivity contribution >= 4 is 30.0 Å². The lowest BCUT2D eigenvalue weighted by Gasteiger charge is -2.29. The van der Waals surface area contributed by atoms with Gasteiger partial charge in [-0.2, -0.15) is 0 Å². The van der Waals surface area contributed by atoms with Crippen molar-refractivity contribution in [2.45, 2.75) is 44.6 Å². The van der Waals surface area contributed by atoms with E-state index in [1.807, 2.05) is 76.2 Å². The van der Waals surface area contributed by atoms with E-state index in [0.29, 0.717) is 5.02 Å². The molecule has 3 aromatic carbocycles. The van der Waals surface area contributed by atoms with Crippen molar-refractivity contribution in [1.29, 1.82) is 0 Å². The van der Waals surface area contributed by atoms with Gasteiger partial charge in [0.15, 0.2) is 0 Å². The summed E-state index contributed by atoms with van der Waals surface area (Å²) in [7, 11) is -3.50. The van der Waals surface area contributed by atoms with E-state index in [1.165, 1.54) is 0 Å². The molecule has 0 amide bonds. The van der Waals surface area contributed by atoms with Gasteiger partial charge >= 0.3 is 7.60 Å². The second-order valence-corrected chi connectivity index (χ2v) is 10.7. The van der Waals surface area contributed by atoms with E-state index in [1.54, 1.807) is 0 Å². The summed E-state index contributed by atoms with van der Waals surface area (Å²) in [5.41, 5.74) is -0.126. The van der Waals surface area contributed by atoms with Crippen molar-refractivity contribution in [2.24, 2.45) is 0 Å². The first-order valence-corrected chi connectivity index (χ1v) is 11.4. The first kappa shape index (κ1) is 19.7. The zero-order valence-electron chi connectivity index (χ0n) is 16.5. The van der Waals surface area contributed by atoms with Crippen LogP contribution in [0.1, 0.15) is 44.5 Å². The molecule has 0 aromatic heterocycles. The van der Waals surface area contributed by atoms with E-state index in [4.69, 9.17) is 20.6 Å². The Morgan fingerprint density at radius 2 is 1.32 bits per heavy atom. The van der Waals surface area contributed by atoms with Gasteiger partial charge in [0.25, 0.3) is 0 Å². The Morgan fingerprint density at radius 1 is 0.786 bits per heavy atom. The van der Waals surface area contributed by atoms with Gasteiger partial charge in [0, 0.05) is 5.02 Å². The van der Waals surface area contributed by atoms with Crippen LogP contribution in [-0.2, 0) is 13.6 Å². The molecular weight excluding hydrogens is 391 g/mol. The number of hydrogen-bond donors (Lipinski definition) is 0. The lowest BCUT2D eigenvalue weighted by Crippen LogP contribution is -2.41. The molecule has 4 rings (SSSR count). The third kappa shape index (κ3) is 3.31. The normalized spacial score (nSPS) is 20.9. The van der Waals surface area contributed by atoms with Gasteiger partial charge in [-0.1, -0.05) is 60.1 Å². The lowest BCUT2D eigenvalue weighted by molar-refractivity contribution is 0.00578. The predicted octanol–water partition coefficient (Wildman–Crippen LogP) is 7.38. The largest absolute Gasteiger partial charge is 0.343 e. The standard InChI is InChI=1S/C23H24ClO3P/c1-22(2)23(3,4)27-28(25,26-22)21(17-11-13-20(24)14-12-17)19-10-9-16-7-5-6-8-18(16)15-19/h5-15,21H,1-4H3/t21-/m1/s1. The maximum absolute atomic E-state index is 14.1. The average Bonchev–Trinajstić information content (AvgIpc) is 2.79. The minimum absolute atomic E-state index is 0.532. The molecule has 5 heteroatoms. The molecule has 0 aliphatic carbocycles. The van der Waals surface area contributed by atoms with Crippen molar-refractivity contribution in [1.82, 2.24) is 0 Å². The zero-order valence-corrected chi connectivity index (χ0v) is 18.1. The first-order valence-electron chi connectivity index (χ1n) is 9.37. The minimum atomic E-state index is -3.50. The molecule has 146 valence electrons. The van der Waals surface area contributed by atoms with Crippen molar-refractivity contribution < 1.29 is 13.6 Å². The third-order valence-corrected chi connectivity index (χ3v) is 8.65. The van der Waals surface area contributed by atoms with Crippen LogP contribution in [0.4, 0.5) is 0 Å². The van der Waals surface area contributed by atoms with E-state index in [-0.39, 0.29) is 0 Å². The van der Waals surface area contributed by atoms with Gasteiger partial charge in [-0.25, -0.2) is 0 Å². The Kier molecular flexibility index (Phi) is 4.71. The molecule has 0 bridgehead atoms. The summed E-state index contributed by atoms with van der Waals surface area (Å²) in [6.45, 7) is 7.69. The third-order valence-electron chi connectivity index (χ3n) is 5.75. The van der Waals surface area contributed by atoms with Crippen LogP contribution in [0.5, 0.6) is 0 Å². The maximum Gasteiger partial charge on any atom is 0.343 e. The highest BCUT2D eigenvalue weighted by Gasteiger charge is 2.58. The summed E-state index contributed by atoms with van der Waals surface area (Å²) >= 11 is 6.09. The summed E-state index contributed by atoms with van der Waals surface area (Å²) in [4.78, 5) is 0. The highest BCUT2D eigenvalue weighted by atomic mass is 35.5. The first-order chi connectivity index (χ1) is 13.1. The van der Waals surface area contributed by atoms with Gasteiger partial charge in [-0.3, -0.25) is 13.6 Å². The van der Waals surface area contributed by atoms with Gasteiger partial charge < -0.3 is 0 Å². The molecule has 1 fully saturated rings. The fraction of sp³-hybridized carbons (Fsp3) is 0.304. The summed E-state index contributed by atoms with van der Waals surface area (Å²) in [6.07, 6.45) is 0. The molecule has 0 spiro atoms. The number of halogens is 1.